The molecule has 2 rings (SSSR count). The van der Waals surface area contributed by atoms with Crippen molar-refractivity contribution in [2.75, 3.05) is 28.4 Å². The van der Waals surface area contributed by atoms with Gasteiger partial charge in [-0.1, -0.05) is 13.0 Å². The SMILES string of the molecule is COc1ccc(CC(C)Cc2cc(I)c(OC)c(OC)c2)cc1OC. The fourth-order valence-electron chi connectivity index (χ4n) is 2.97. The van der Waals surface area contributed by atoms with Crippen LogP contribution in [0.1, 0.15) is 18.1 Å². The summed E-state index contributed by atoms with van der Waals surface area (Å²) in [6.07, 6.45) is 1.93. The van der Waals surface area contributed by atoms with Crippen LogP contribution in [0.15, 0.2) is 30.3 Å². The third kappa shape index (κ3) is 4.93. The summed E-state index contributed by atoms with van der Waals surface area (Å²) in [6, 6.07) is 10.3. The summed E-state index contributed by atoms with van der Waals surface area (Å²) in [6.45, 7) is 2.25. The highest BCUT2D eigenvalue weighted by atomic mass is 127. The van der Waals surface area contributed by atoms with Gasteiger partial charge in [-0.2, -0.15) is 0 Å². The summed E-state index contributed by atoms with van der Waals surface area (Å²) in [7, 11) is 6.65. The molecule has 1 unspecified atom stereocenters. The molecule has 0 saturated heterocycles. The van der Waals surface area contributed by atoms with Crippen molar-refractivity contribution in [1.29, 1.82) is 0 Å². The molecule has 0 N–H and O–H groups in total. The molecule has 136 valence electrons. The summed E-state index contributed by atoms with van der Waals surface area (Å²) in [5.74, 6) is 3.58. The van der Waals surface area contributed by atoms with Crippen molar-refractivity contribution >= 4 is 22.6 Å². The van der Waals surface area contributed by atoms with Crippen molar-refractivity contribution in [3.63, 3.8) is 0 Å². The van der Waals surface area contributed by atoms with Gasteiger partial charge in [0.05, 0.1) is 32.0 Å². The average Bonchev–Trinajstić information content (AvgIpc) is 2.60. The zero-order valence-electron chi connectivity index (χ0n) is 15.4. The average molecular weight is 456 g/mol. The van der Waals surface area contributed by atoms with E-state index in [4.69, 9.17) is 18.9 Å². The first-order chi connectivity index (χ1) is 12.0. The van der Waals surface area contributed by atoms with E-state index in [0.29, 0.717) is 5.92 Å². The fourth-order valence-corrected chi connectivity index (χ4v) is 3.86. The van der Waals surface area contributed by atoms with Crippen LogP contribution in [0.25, 0.3) is 0 Å². The Morgan fingerprint density at radius 2 is 1.36 bits per heavy atom. The van der Waals surface area contributed by atoms with Crippen LogP contribution in [0.3, 0.4) is 0 Å². The highest BCUT2D eigenvalue weighted by Crippen LogP contribution is 2.34. The number of methoxy groups -OCH3 is 4. The van der Waals surface area contributed by atoms with Gasteiger partial charge in [0.25, 0.3) is 0 Å². The molecule has 0 heterocycles. The molecule has 5 heteroatoms. The van der Waals surface area contributed by atoms with Gasteiger partial charge < -0.3 is 18.9 Å². The Labute approximate surface area is 163 Å². The minimum Gasteiger partial charge on any atom is -0.493 e. The lowest BCUT2D eigenvalue weighted by Gasteiger charge is -2.16. The maximum Gasteiger partial charge on any atom is 0.174 e. The number of halogens is 1. The van der Waals surface area contributed by atoms with Crippen LogP contribution in [-0.2, 0) is 12.8 Å². The normalized spacial score (nSPS) is 11.8. The summed E-state index contributed by atoms with van der Waals surface area (Å²) in [4.78, 5) is 0. The molecule has 0 aliphatic heterocycles. The summed E-state index contributed by atoms with van der Waals surface area (Å²) >= 11 is 2.29. The second-order valence-corrected chi connectivity index (χ2v) is 7.18. The lowest BCUT2D eigenvalue weighted by Crippen LogP contribution is -2.05. The Kier molecular flexibility index (Phi) is 7.23. The van der Waals surface area contributed by atoms with Crippen molar-refractivity contribution in [1.82, 2.24) is 0 Å². The molecule has 0 radical (unpaired) electrons. The molecule has 0 fully saturated rings. The summed E-state index contributed by atoms with van der Waals surface area (Å²) in [5.41, 5.74) is 2.48. The molecule has 0 aromatic heterocycles. The van der Waals surface area contributed by atoms with Crippen molar-refractivity contribution in [3.05, 3.63) is 45.0 Å². The van der Waals surface area contributed by atoms with Crippen LogP contribution in [0.5, 0.6) is 23.0 Å². The molecule has 2 aromatic rings. The van der Waals surface area contributed by atoms with E-state index in [1.54, 1.807) is 28.4 Å². The highest BCUT2D eigenvalue weighted by molar-refractivity contribution is 14.1. The molecular weight excluding hydrogens is 431 g/mol. The van der Waals surface area contributed by atoms with E-state index in [2.05, 4.69) is 47.7 Å². The van der Waals surface area contributed by atoms with Gasteiger partial charge in [-0.25, -0.2) is 0 Å². The molecule has 0 saturated carbocycles. The van der Waals surface area contributed by atoms with E-state index in [-0.39, 0.29) is 0 Å². The van der Waals surface area contributed by atoms with Crippen molar-refractivity contribution in [2.24, 2.45) is 5.92 Å². The van der Waals surface area contributed by atoms with Gasteiger partial charge in [0, 0.05) is 0 Å². The van der Waals surface area contributed by atoms with Crippen LogP contribution >= 0.6 is 22.6 Å². The zero-order valence-corrected chi connectivity index (χ0v) is 17.5. The first-order valence-corrected chi connectivity index (χ1v) is 9.21. The van der Waals surface area contributed by atoms with Crippen LogP contribution in [0.2, 0.25) is 0 Å². The standard InChI is InChI=1S/C20H25IO4/c1-13(8-14-6-7-17(22-2)18(11-14)23-3)9-15-10-16(21)20(25-5)19(12-15)24-4/h6-7,10-13H,8-9H2,1-5H3. The topological polar surface area (TPSA) is 36.9 Å². The number of benzene rings is 2. The first kappa shape index (κ1) is 19.7. The maximum atomic E-state index is 5.45. The van der Waals surface area contributed by atoms with Gasteiger partial charge >= 0.3 is 0 Å². The molecule has 2 aromatic carbocycles. The van der Waals surface area contributed by atoms with Crippen LogP contribution < -0.4 is 18.9 Å². The maximum absolute atomic E-state index is 5.45. The first-order valence-electron chi connectivity index (χ1n) is 8.13. The van der Waals surface area contributed by atoms with Crippen molar-refractivity contribution in [3.8, 4) is 23.0 Å². The Morgan fingerprint density at radius 3 is 1.96 bits per heavy atom. The minimum absolute atomic E-state index is 0.479. The summed E-state index contributed by atoms with van der Waals surface area (Å²) in [5, 5.41) is 0. The monoisotopic (exact) mass is 456 g/mol. The van der Waals surface area contributed by atoms with E-state index < -0.39 is 0 Å². The Bertz CT molecular complexity index is 715. The Balaban J connectivity index is 2.12. The quantitative estimate of drug-likeness (QED) is 0.538. The Morgan fingerprint density at radius 1 is 0.760 bits per heavy atom. The Hall–Kier alpha value is -1.63. The number of hydrogen-bond donors (Lipinski definition) is 0. The predicted molar refractivity (Wildman–Crippen MR) is 108 cm³/mol. The molecule has 0 bridgehead atoms. The molecule has 0 aliphatic rings. The third-order valence-electron chi connectivity index (χ3n) is 4.11. The molecule has 25 heavy (non-hydrogen) atoms. The zero-order chi connectivity index (χ0) is 18.4. The second-order valence-electron chi connectivity index (χ2n) is 6.02. The number of ether oxygens (including phenoxy) is 4. The fraction of sp³-hybridized carbons (Fsp3) is 0.400. The molecule has 1 atom stereocenters. The van der Waals surface area contributed by atoms with Gasteiger partial charge in [0.1, 0.15) is 0 Å². The van der Waals surface area contributed by atoms with Gasteiger partial charge in [0.2, 0.25) is 0 Å². The van der Waals surface area contributed by atoms with Crippen molar-refractivity contribution in [2.45, 2.75) is 19.8 Å². The van der Waals surface area contributed by atoms with E-state index in [0.717, 1.165) is 39.4 Å². The lowest BCUT2D eigenvalue weighted by atomic mass is 9.94. The number of rotatable bonds is 8. The molecule has 0 aliphatic carbocycles. The number of hydrogen-bond acceptors (Lipinski definition) is 4. The van der Waals surface area contributed by atoms with Gasteiger partial charge in [-0.05, 0) is 76.7 Å². The van der Waals surface area contributed by atoms with E-state index in [1.807, 2.05) is 12.1 Å². The lowest BCUT2D eigenvalue weighted by molar-refractivity contribution is 0.352. The third-order valence-corrected chi connectivity index (χ3v) is 4.91. The van der Waals surface area contributed by atoms with Gasteiger partial charge in [-0.15, -0.1) is 0 Å². The van der Waals surface area contributed by atoms with Crippen molar-refractivity contribution < 1.29 is 18.9 Å². The molecule has 0 spiro atoms. The van der Waals surface area contributed by atoms with Crippen LogP contribution in [0.4, 0.5) is 0 Å². The molecular formula is C20H25IO4. The van der Waals surface area contributed by atoms with E-state index in [1.165, 1.54) is 11.1 Å². The van der Waals surface area contributed by atoms with E-state index in [9.17, 15) is 0 Å². The predicted octanol–water partition coefficient (Wildman–Crippen LogP) is 4.75. The highest BCUT2D eigenvalue weighted by Gasteiger charge is 2.13. The molecule has 0 amide bonds. The smallest absolute Gasteiger partial charge is 0.174 e. The largest absolute Gasteiger partial charge is 0.493 e. The summed E-state index contributed by atoms with van der Waals surface area (Å²) < 4.78 is 22.6. The van der Waals surface area contributed by atoms with Gasteiger partial charge in [-0.3, -0.25) is 0 Å². The van der Waals surface area contributed by atoms with Crippen LogP contribution in [0, 0.1) is 9.49 Å². The minimum atomic E-state index is 0.479. The molecule has 4 nitrogen and oxygen atoms in total. The van der Waals surface area contributed by atoms with E-state index >= 15 is 0 Å². The second kappa shape index (κ2) is 9.17. The van der Waals surface area contributed by atoms with Gasteiger partial charge in [0.15, 0.2) is 23.0 Å². The van der Waals surface area contributed by atoms with Crippen LogP contribution in [-0.4, -0.2) is 28.4 Å².